The molecule has 1 fully saturated rings. The van der Waals surface area contributed by atoms with E-state index in [4.69, 9.17) is 38.3 Å². The Hall–Kier alpha value is -3.39. The zero-order chi connectivity index (χ0) is 27.7. The summed E-state index contributed by atoms with van der Waals surface area (Å²) < 4.78 is 13.2. The Balaban J connectivity index is 1.62. The minimum Gasteiger partial charge on any atom is -0.490 e. The van der Waals surface area contributed by atoms with Gasteiger partial charge < -0.3 is 24.3 Å². The monoisotopic (exact) mass is 560 g/mol. The highest BCUT2D eigenvalue weighted by molar-refractivity contribution is 7.80. The Morgan fingerprint density at radius 1 is 1.00 bits per heavy atom. The number of anilines is 1. The molecular weight excluding hydrogens is 528 g/mol. The predicted molar refractivity (Wildman–Crippen MR) is 161 cm³/mol. The van der Waals surface area contributed by atoms with E-state index in [9.17, 15) is 0 Å². The third-order valence-electron chi connectivity index (χ3n) is 7.44. The maximum Gasteiger partial charge on any atom is 0.174 e. The summed E-state index contributed by atoms with van der Waals surface area (Å²) in [6.45, 7) is 9.58. The molecule has 1 saturated heterocycles. The summed E-state index contributed by atoms with van der Waals surface area (Å²) in [6, 6.07) is 20.2. The zero-order valence-electron chi connectivity index (χ0n) is 22.9. The number of methoxy groups -OCH3 is 1. The van der Waals surface area contributed by atoms with Crippen molar-refractivity contribution >= 4 is 34.6 Å². The van der Waals surface area contributed by atoms with Crippen LogP contribution in [0.5, 0.6) is 5.75 Å². The second-order valence-electron chi connectivity index (χ2n) is 9.83. The predicted octanol–water partition coefficient (Wildman–Crippen LogP) is 6.96. The molecular formula is C31H33ClN4O2S. The number of aryl methyl sites for hydroxylation is 2. The summed E-state index contributed by atoms with van der Waals surface area (Å²) in [7, 11) is 1.64. The van der Waals surface area contributed by atoms with Crippen molar-refractivity contribution in [3.8, 4) is 11.4 Å². The summed E-state index contributed by atoms with van der Waals surface area (Å²) >= 11 is 12.6. The van der Waals surface area contributed by atoms with E-state index in [2.05, 4.69) is 66.7 Å². The van der Waals surface area contributed by atoms with E-state index in [0.717, 1.165) is 22.8 Å². The minimum atomic E-state index is -0.150. The fraction of sp³-hybridized carbons (Fsp3) is 0.290. The molecule has 2 atom stereocenters. The van der Waals surface area contributed by atoms with E-state index in [1.165, 1.54) is 22.4 Å². The Morgan fingerprint density at radius 3 is 2.54 bits per heavy atom. The number of benzene rings is 2. The second-order valence-corrected chi connectivity index (χ2v) is 10.6. The molecule has 4 aromatic rings. The molecule has 0 aliphatic carbocycles. The molecule has 1 N–H and O–H groups in total. The van der Waals surface area contributed by atoms with Gasteiger partial charge in [0.1, 0.15) is 12.4 Å². The van der Waals surface area contributed by atoms with Crippen molar-refractivity contribution in [3.63, 3.8) is 0 Å². The molecule has 0 saturated carbocycles. The van der Waals surface area contributed by atoms with Crippen molar-refractivity contribution in [2.45, 2.75) is 39.8 Å². The van der Waals surface area contributed by atoms with E-state index in [-0.39, 0.29) is 12.1 Å². The molecule has 0 amide bonds. The summed E-state index contributed by atoms with van der Waals surface area (Å²) in [5.41, 5.74) is 9.02. The normalized spacial score (nSPS) is 17.0. The van der Waals surface area contributed by atoms with Gasteiger partial charge >= 0.3 is 0 Å². The van der Waals surface area contributed by atoms with Crippen LogP contribution in [0.1, 0.15) is 45.9 Å². The number of pyridine rings is 1. The van der Waals surface area contributed by atoms with Gasteiger partial charge in [0.15, 0.2) is 5.11 Å². The first-order valence-electron chi connectivity index (χ1n) is 13.0. The molecule has 0 bridgehead atoms. The number of hydrogen-bond donors (Lipinski definition) is 1. The molecule has 2 aromatic carbocycles. The fourth-order valence-corrected chi connectivity index (χ4v) is 5.95. The maximum absolute atomic E-state index is 6.68. The first-order chi connectivity index (χ1) is 18.8. The van der Waals surface area contributed by atoms with Crippen LogP contribution in [-0.4, -0.2) is 35.0 Å². The highest BCUT2D eigenvalue weighted by Gasteiger charge is 2.42. The van der Waals surface area contributed by atoms with Crippen molar-refractivity contribution in [2.24, 2.45) is 0 Å². The van der Waals surface area contributed by atoms with Crippen LogP contribution in [0.2, 0.25) is 5.02 Å². The smallest absolute Gasteiger partial charge is 0.174 e. The van der Waals surface area contributed by atoms with E-state index in [1.54, 1.807) is 7.11 Å². The quantitative estimate of drug-likeness (QED) is 0.186. The number of ether oxygens (including phenoxy) is 2. The van der Waals surface area contributed by atoms with Crippen LogP contribution in [0.25, 0.3) is 5.69 Å². The number of thiocarbonyl (C=S) groups is 1. The van der Waals surface area contributed by atoms with Crippen molar-refractivity contribution in [1.82, 2.24) is 14.9 Å². The third kappa shape index (κ3) is 5.14. The molecule has 6 nitrogen and oxygen atoms in total. The van der Waals surface area contributed by atoms with Crippen LogP contribution in [-0.2, 0) is 4.74 Å². The SMILES string of the molecule is COCCOc1ccc(N2C(=S)NC(c3ccccn3)C2c2cc(C)n(-c3cccc(C)c3C)c2C)cc1Cl. The minimum absolute atomic E-state index is 0.145. The van der Waals surface area contributed by atoms with Gasteiger partial charge in [0.2, 0.25) is 0 Å². The summed E-state index contributed by atoms with van der Waals surface area (Å²) in [4.78, 5) is 6.85. The van der Waals surface area contributed by atoms with Gasteiger partial charge in [-0.25, -0.2) is 0 Å². The third-order valence-corrected chi connectivity index (χ3v) is 8.05. The molecule has 2 unspecified atom stereocenters. The lowest BCUT2D eigenvalue weighted by Gasteiger charge is -2.28. The maximum atomic E-state index is 6.68. The van der Waals surface area contributed by atoms with Gasteiger partial charge in [0, 0.05) is 36.1 Å². The molecule has 8 heteroatoms. The van der Waals surface area contributed by atoms with Gasteiger partial charge in [0.25, 0.3) is 0 Å². The van der Waals surface area contributed by atoms with Crippen molar-refractivity contribution in [1.29, 1.82) is 0 Å². The Labute approximate surface area is 240 Å². The average Bonchev–Trinajstić information content (AvgIpc) is 3.42. The van der Waals surface area contributed by atoms with Gasteiger partial charge in [-0.1, -0.05) is 29.8 Å². The summed E-state index contributed by atoms with van der Waals surface area (Å²) in [5, 5.41) is 4.70. The van der Waals surface area contributed by atoms with Crippen LogP contribution in [0, 0.1) is 27.7 Å². The topological polar surface area (TPSA) is 51.6 Å². The lowest BCUT2D eigenvalue weighted by molar-refractivity contribution is 0.146. The van der Waals surface area contributed by atoms with Crippen LogP contribution in [0.4, 0.5) is 5.69 Å². The second kappa shape index (κ2) is 11.4. The molecule has 0 radical (unpaired) electrons. The molecule has 0 spiro atoms. The van der Waals surface area contributed by atoms with E-state index < -0.39 is 0 Å². The van der Waals surface area contributed by atoms with Gasteiger partial charge in [-0.3, -0.25) is 4.98 Å². The van der Waals surface area contributed by atoms with Crippen molar-refractivity contribution in [3.05, 3.63) is 106 Å². The van der Waals surface area contributed by atoms with E-state index in [0.29, 0.717) is 29.1 Å². The lowest BCUT2D eigenvalue weighted by Crippen LogP contribution is -2.29. The van der Waals surface area contributed by atoms with Crippen LogP contribution in [0.3, 0.4) is 0 Å². The first kappa shape index (κ1) is 27.2. The molecule has 202 valence electrons. The Kier molecular flexibility index (Phi) is 7.93. The molecule has 2 aromatic heterocycles. The van der Waals surface area contributed by atoms with Gasteiger partial charge in [-0.2, -0.15) is 0 Å². The van der Waals surface area contributed by atoms with E-state index in [1.807, 2.05) is 42.6 Å². The molecule has 3 heterocycles. The molecule has 1 aliphatic rings. The highest BCUT2D eigenvalue weighted by Crippen LogP contribution is 2.45. The van der Waals surface area contributed by atoms with Gasteiger partial charge in [0.05, 0.1) is 29.4 Å². The standard InChI is InChI=1S/C31H33ClN4O2S/c1-19-9-8-11-27(21(19)3)35-20(2)17-24(22(35)4)30-29(26-10-6-7-14-33-26)34-31(39)36(30)23-12-13-28(25(32)18-23)38-16-15-37-5/h6-14,17-18,29-30H,15-16H2,1-5H3,(H,34,39). The van der Waals surface area contributed by atoms with Gasteiger partial charge in [-0.05, 0) is 99.1 Å². The molecule has 5 rings (SSSR count). The Morgan fingerprint density at radius 2 is 1.82 bits per heavy atom. The fourth-order valence-electron chi connectivity index (χ4n) is 5.38. The average molecular weight is 561 g/mol. The Bertz CT molecular complexity index is 1500. The van der Waals surface area contributed by atoms with Crippen LogP contribution in [0.15, 0.2) is 66.9 Å². The van der Waals surface area contributed by atoms with Crippen molar-refractivity contribution in [2.75, 3.05) is 25.2 Å². The zero-order valence-corrected chi connectivity index (χ0v) is 24.4. The number of aromatic nitrogens is 2. The molecule has 39 heavy (non-hydrogen) atoms. The first-order valence-corrected chi connectivity index (χ1v) is 13.8. The highest BCUT2D eigenvalue weighted by atomic mass is 35.5. The number of nitrogens with zero attached hydrogens (tertiary/aromatic N) is 3. The largest absolute Gasteiger partial charge is 0.490 e. The molecule has 1 aliphatic heterocycles. The number of nitrogens with one attached hydrogen (secondary N) is 1. The van der Waals surface area contributed by atoms with Crippen LogP contribution < -0.4 is 15.0 Å². The van der Waals surface area contributed by atoms with Crippen LogP contribution >= 0.6 is 23.8 Å². The van der Waals surface area contributed by atoms with Gasteiger partial charge in [-0.15, -0.1) is 0 Å². The lowest BCUT2D eigenvalue weighted by atomic mass is 9.96. The number of halogens is 1. The number of hydrogen-bond acceptors (Lipinski definition) is 4. The number of rotatable bonds is 8. The van der Waals surface area contributed by atoms with Crippen molar-refractivity contribution < 1.29 is 9.47 Å². The summed E-state index contributed by atoms with van der Waals surface area (Å²) in [5.74, 6) is 0.612. The summed E-state index contributed by atoms with van der Waals surface area (Å²) in [6.07, 6.45) is 1.82. The van der Waals surface area contributed by atoms with E-state index >= 15 is 0 Å².